The molecule has 1 saturated heterocycles. The van der Waals surface area contributed by atoms with Gasteiger partial charge in [-0.05, 0) is 30.0 Å². The quantitative estimate of drug-likeness (QED) is 0.819. The van der Waals surface area contributed by atoms with Gasteiger partial charge < -0.3 is 4.90 Å². The zero-order chi connectivity index (χ0) is 12.5. The molecule has 1 aromatic carbocycles. The van der Waals surface area contributed by atoms with Crippen molar-refractivity contribution in [2.24, 2.45) is 5.41 Å². The van der Waals surface area contributed by atoms with Gasteiger partial charge in [0.05, 0.1) is 5.41 Å². The number of nitrogens with zero attached hydrogens (tertiary/aromatic N) is 1. The largest absolute Gasteiger partial charge is 0.334 e. The van der Waals surface area contributed by atoms with Gasteiger partial charge in [0.1, 0.15) is 0 Å². The van der Waals surface area contributed by atoms with Crippen molar-refractivity contribution in [3.8, 4) is 0 Å². The molecule has 0 saturated carbocycles. The maximum atomic E-state index is 12.3. The highest BCUT2D eigenvalue weighted by Crippen LogP contribution is 2.37. The lowest BCUT2D eigenvalue weighted by atomic mass is 9.88. The Balaban J connectivity index is 2.18. The fourth-order valence-electron chi connectivity index (χ4n) is 2.11. The third-order valence-corrected chi connectivity index (χ3v) is 3.89. The van der Waals surface area contributed by atoms with Crippen LogP contribution in [0, 0.1) is 5.41 Å². The van der Waals surface area contributed by atoms with Gasteiger partial charge in [-0.25, -0.2) is 0 Å². The van der Waals surface area contributed by atoms with Crippen molar-refractivity contribution in [3.05, 3.63) is 46.5 Å². The molecule has 0 radical (unpaired) electrons. The predicted octanol–water partition coefficient (Wildman–Crippen LogP) is 3.33. The van der Waals surface area contributed by atoms with Gasteiger partial charge in [-0.3, -0.25) is 4.79 Å². The van der Waals surface area contributed by atoms with Gasteiger partial charge in [-0.15, -0.1) is 0 Å². The third-order valence-electron chi connectivity index (χ3n) is 3.33. The summed E-state index contributed by atoms with van der Waals surface area (Å²) >= 11 is 3.35. The SMILES string of the molecule is CC1(C)C(=O)N(Cc2ccccc2)C/C1=C/Br. The minimum atomic E-state index is -0.377. The van der Waals surface area contributed by atoms with Crippen LogP contribution < -0.4 is 0 Å². The monoisotopic (exact) mass is 293 g/mol. The molecule has 0 bridgehead atoms. The van der Waals surface area contributed by atoms with E-state index < -0.39 is 0 Å². The van der Waals surface area contributed by atoms with E-state index in [0.29, 0.717) is 13.1 Å². The summed E-state index contributed by atoms with van der Waals surface area (Å²) in [6.45, 7) is 5.36. The van der Waals surface area contributed by atoms with Crippen LogP contribution >= 0.6 is 15.9 Å². The van der Waals surface area contributed by atoms with E-state index in [9.17, 15) is 4.79 Å². The topological polar surface area (TPSA) is 20.3 Å². The Morgan fingerprint density at radius 1 is 1.35 bits per heavy atom. The van der Waals surface area contributed by atoms with Crippen LogP contribution in [0.1, 0.15) is 19.4 Å². The number of carbonyl (C=O) groups is 1. The van der Waals surface area contributed by atoms with E-state index in [4.69, 9.17) is 0 Å². The maximum absolute atomic E-state index is 12.3. The van der Waals surface area contributed by atoms with Crippen LogP contribution in [0.25, 0.3) is 0 Å². The first kappa shape index (κ1) is 12.4. The molecule has 2 nitrogen and oxygen atoms in total. The van der Waals surface area contributed by atoms with Crippen LogP contribution in [-0.4, -0.2) is 17.4 Å². The van der Waals surface area contributed by atoms with Crippen molar-refractivity contribution in [2.45, 2.75) is 20.4 Å². The highest BCUT2D eigenvalue weighted by molar-refractivity contribution is 9.11. The maximum Gasteiger partial charge on any atom is 0.233 e. The molecule has 1 fully saturated rings. The molecular weight excluding hydrogens is 278 g/mol. The summed E-state index contributed by atoms with van der Waals surface area (Å²) in [7, 11) is 0. The summed E-state index contributed by atoms with van der Waals surface area (Å²) in [5, 5.41) is 0. The summed E-state index contributed by atoms with van der Waals surface area (Å²) in [5.74, 6) is 0.201. The molecule has 2 rings (SSSR count). The first-order valence-corrected chi connectivity index (χ1v) is 6.60. The second-order valence-electron chi connectivity index (χ2n) is 4.91. The van der Waals surface area contributed by atoms with Crippen LogP contribution in [0.4, 0.5) is 0 Å². The van der Waals surface area contributed by atoms with Gasteiger partial charge in [0, 0.05) is 13.1 Å². The fraction of sp³-hybridized carbons (Fsp3) is 0.357. The standard InChI is InChI=1S/C14H16BrNO/c1-14(2)12(8-15)10-16(13(14)17)9-11-6-4-3-5-7-11/h3-8H,9-10H2,1-2H3/b12-8-. The first-order chi connectivity index (χ1) is 8.05. The van der Waals surface area contributed by atoms with Gasteiger partial charge in [0.25, 0.3) is 0 Å². The predicted molar refractivity (Wildman–Crippen MR) is 72.7 cm³/mol. The average Bonchev–Trinajstić information content (AvgIpc) is 2.54. The van der Waals surface area contributed by atoms with Crippen LogP contribution in [-0.2, 0) is 11.3 Å². The molecule has 1 aliphatic heterocycles. The second-order valence-corrected chi connectivity index (χ2v) is 5.36. The molecule has 0 N–H and O–H groups in total. The normalized spacial score (nSPS) is 21.2. The Labute approximate surface area is 110 Å². The number of hydrogen-bond donors (Lipinski definition) is 0. The van der Waals surface area contributed by atoms with Crippen molar-refractivity contribution in [2.75, 3.05) is 6.54 Å². The molecule has 90 valence electrons. The molecule has 17 heavy (non-hydrogen) atoms. The van der Waals surface area contributed by atoms with E-state index in [1.54, 1.807) is 0 Å². The Morgan fingerprint density at radius 3 is 2.53 bits per heavy atom. The van der Waals surface area contributed by atoms with Gasteiger partial charge in [-0.2, -0.15) is 0 Å². The van der Waals surface area contributed by atoms with Gasteiger partial charge >= 0.3 is 0 Å². The zero-order valence-corrected chi connectivity index (χ0v) is 11.7. The van der Waals surface area contributed by atoms with Crippen molar-refractivity contribution in [1.29, 1.82) is 0 Å². The van der Waals surface area contributed by atoms with Gasteiger partial charge in [0.15, 0.2) is 0 Å². The lowest BCUT2D eigenvalue weighted by Crippen LogP contribution is -2.30. The summed E-state index contributed by atoms with van der Waals surface area (Å²) in [5.41, 5.74) is 1.93. The minimum absolute atomic E-state index is 0.201. The zero-order valence-electron chi connectivity index (χ0n) is 10.1. The van der Waals surface area contributed by atoms with E-state index in [1.165, 1.54) is 5.56 Å². The van der Waals surface area contributed by atoms with E-state index >= 15 is 0 Å². The van der Waals surface area contributed by atoms with E-state index in [1.807, 2.05) is 41.9 Å². The van der Waals surface area contributed by atoms with E-state index in [2.05, 4.69) is 28.1 Å². The molecule has 0 atom stereocenters. The Bertz CT molecular complexity index is 451. The van der Waals surface area contributed by atoms with Crippen molar-refractivity contribution in [3.63, 3.8) is 0 Å². The lowest BCUT2D eigenvalue weighted by Gasteiger charge is -2.19. The average molecular weight is 294 g/mol. The van der Waals surface area contributed by atoms with E-state index in [0.717, 1.165) is 5.57 Å². The highest BCUT2D eigenvalue weighted by Gasteiger charge is 2.42. The molecule has 1 heterocycles. The summed E-state index contributed by atoms with van der Waals surface area (Å²) in [6, 6.07) is 10.1. The van der Waals surface area contributed by atoms with E-state index in [-0.39, 0.29) is 11.3 Å². The number of hydrogen-bond acceptors (Lipinski definition) is 1. The number of amides is 1. The molecule has 0 aromatic heterocycles. The van der Waals surface area contributed by atoms with Crippen LogP contribution in [0.15, 0.2) is 40.9 Å². The summed E-state index contributed by atoms with van der Waals surface area (Å²) in [4.78, 5) is 16.1. The van der Waals surface area contributed by atoms with Crippen LogP contribution in [0.3, 0.4) is 0 Å². The molecule has 1 aliphatic rings. The second kappa shape index (κ2) is 4.65. The summed E-state index contributed by atoms with van der Waals surface area (Å²) in [6.07, 6.45) is 0. The molecule has 1 amide bonds. The molecule has 0 spiro atoms. The number of halogens is 1. The van der Waals surface area contributed by atoms with Crippen LogP contribution in [0.2, 0.25) is 0 Å². The fourth-order valence-corrected chi connectivity index (χ4v) is 2.83. The smallest absolute Gasteiger partial charge is 0.233 e. The Morgan fingerprint density at radius 2 is 2.00 bits per heavy atom. The third kappa shape index (κ3) is 2.29. The van der Waals surface area contributed by atoms with Crippen molar-refractivity contribution in [1.82, 2.24) is 4.90 Å². The Kier molecular flexibility index (Phi) is 3.38. The molecule has 0 aliphatic carbocycles. The molecular formula is C14H16BrNO. The number of rotatable bonds is 2. The Hall–Kier alpha value is -1.09. The lowest BCUT2D eigenvalue weighted by molar-refractivity contribution is -0.134. The molecule has 1 aromatic rings. The number of benzene rings is 1. The number of carbonyl (C=O) groups excluding carboxylic acids is 1. The van der Waals surface area contributed by atoms with Crippen molar-refractivity contribution < 1.29 is 4.79 Å². The molecule has 3 heteroatoms. The highest BCUT2D eigenvalue weighted by atomic mass is 79.9. The van der Waals surface area contributed by atoms with Gasteiger partial charge in [0.2, 0.25) is 5.91 Å². The van der Waals surface area contributed by atoms with Gasteiger partial charge in [-0.1, -0.05) is 46.3 Å². The molecule has 0 unspecified atom stereocenters. The van der Waals surface area contributed by atoms with Crippen molar-refractivity contribution >= 4 is 21.8 Å². The van der Waals surface area contributed by atoms with Crippen LogP contribution in [0.5, 0.6) is 0 Å². The summed E-state index contributed by atoms with van der Waals surface area (Å²) < 4.78 is 0. The minimum Gasteiger partial charge on any atom is -0.334 e. The first-order valence-electron chi connectivity index (χ1n) is 5.68. The number of likely N-dealkylation sites (tertiary alicyclic amines) is 1.